The Morgan fingerprint density at radius 2 is 1.63 bits per heavy atom. The molecule has 0 aromatic heterocycles. The van der Waals surface area contributed by atoms with E-state index in [0.29, 0.717) is 10.0 Å². The highest BCUT2D eigenvalue weighted by atomic mass is 79.9. The number of halogens is 1. The molecule has 1 amide bonds. The second-order valence-electron chi connectivity index (χ2n) is 7.27. The summed E-state index contributed by atoms with van der Waals surface area (Å²) in [6.07, 6.45) is -0.767. The number of benzene rings is 3. The number of carbonyl (C=O) groups is 2. The predicted octanol–water partition coefficient (Wildman–Crippen LogP) is 5.42. The summed E-state index contributed by atoms with van der Waals surface area (Å²) in [6, 6.07) is 20.2. The molecule has 4 rings (SSSR count). The second kappa shape index (κ2) is 8.32. The first kappa shape index (κ1) is 20.2. The van der Waals surface area contributed by atoms with Crippen LogP contribution in [0.25, 0.3) is 11.1 Å². The molecule has 3 aromatic carbocycles. The Morgan fingerprint density at radius 3 is 2.20 bits per heavy atom. The number of amides is 1. The van der Waals surface area contributed by atoms with Crippen molar-refractivity contribution in [3.63, 3.8) is 0 Å². The molecular formula is C24H20BrNO4. The minimum Gasteiger partial charge on any atom is -0.479 e. The van der Waals surface area contributed by atoms with Crippen LogP contribution in [0.2, 0.25) is 0 Å². The minimum atomic E-state index is -1.21. The van der Waals surface area contributed by atoms with Crippen LogP contribution in [0.1, 0.15) is 34.2 Å². The van der Waals surface area contributed by atoms with Gasteiger partial charge in [-0.15, -0.1) is 0 Å². The molecule has 2 N–H and O–H groups in total. The molecule has 0 heterocycles. The van der Waals surface area contributed by atoms with E-state index in [0.717, 1.165) is 27.8 Å². The Hall–Kier alpha value is -3.12. The zero-order valence-electron chi connectivity index (χ0n) is 16.3. The molecule has 0 spiro atoms. The molecule has 0 saturated heterocycles. The van der Waals surface area contributed by atoms with Gasteiger partial charge in [0.1, 0.15) is 6.61 Å². The maximum absolute atomic E-state index is 12.5. The highest BCUT2D eigenvalue weighted by Gasteiger charge is 2.30. The predicted molar refractivity (Wildman–Crippen MR) is 117 cm³/mol. The maximum Gasteiger partial charge on any atom is 0.408 e. The molecule has 5 nitrogen and oxygen atoms in total. The Balaban J connectivity index is 1.50. The summed E-state index contributed by atoms with van der Waals surface area (Å²) in [5.41, 5.74) is 5.91. The standard InChI is InChI=1S/C24H20BrNO4/c1-14-10-11-19(21(25)12-14)22(23(27)28)26-24(29)30-13-20-17-8-4-2-6-15(17)16-7-3-5-9-18(16)20/h2-12,20,22H,13H2,1H3,(H,26,29)(H,27,28). The van der Waals surface area contributed by atoms with Crippen molar-refractivity contribution in [2.45, 2.75) is 18.9 Å². The largest absolute Gasteiger partial charge is 0.479 e. The van der Waals surface area contributed by atoms with Gasteiger partial charge in [-0.2, -0.15) is 0 Å². The van der Waals surface area contributed by atoms with Gasteiger partial charge in [0.25, 0.3) is 0 Å². The zero-order chi connectivity index (χ0) is 21.3. The molecule has 152 valence electrons. The molecule has 6 heteroatoms. The molecule has 0 aliphatic heterocycles. The van der Waals surface area contributed by atoms with Crippen LogP contribution in [0.15, 0.2) is 71.2 Å². The summed E-state index contributed by atoms with van der Waals surface area (Å²) >= 11 is 3.38. The van der Waals surface area contributed by atoms with Gasteiger partial charge in [-0.1, -0.05) is 76.6 Å². The van der Waals surface area contributed by atoms with Gasteiger partial charge in [-0.05, 0) is 46.4 Å². The van der Waals surface area contributed by atoms with E-state index in [1.54, 1.807) is 12.1 Å². The second-order valence-corrected chi connectivity index (χ2v) is 8.12. The smallest absolute Gasteiger partial charge is 0.408 e. The number of ether oxygens (including phenoxy) is 1. The molecule has 30 heavy (non-hydrogen) atoms. The highest BCUT2D eigenvalue weighted by molar-refractivity contribution is 9.10. The van der Waals surface area contributed by atoms with Crippen molar-refractivity contribution in [3.8, 4) is 11.1 Å². The number of alkyl carbamates (subject to hydrolysis) is 1. The first-order valence-electron chi connectivity index (χ1n) is 9.56. The van der Waals surface area contributed by atoms with Crippen LogP contribution >= 0.6 is 15.9 Å². The first-order chi connectivity index (χ1) is 14.5. The number of rotatable bonds is 5. The summed E-state index contributed by atoms with van der Waals surface area (Å²) < 4.78 is 6.10. The Bertz CT molecular complexity index is 1080. The molecule has 1 aliphatic carbocycles. The van der Waals surface area contributed by atoms with Crippen molar-refractivity contribution >= 4 is 28.0 Å². The Morgan fingerprint density at radius 1 is 1.03 bits per heavy atom. The van der Waals surface area contributed by atoms with Crippen molar-refractivity contribution in [2.75, 3.05) is 6.61 Å². The summed E-state index contributed by atoms with van der Waals surface area (Å²) in [4.78, 5) is 24.2. The molecule has 1 aliphatic rings. The lowest BCUT2D eigenvalue weighted by atomic mass is 9.98. The number of hydrogen-bond donors (Lipinski definition) is 2. The Labute approximate surface area is 182 Å². The van der Waals surface area contributed by atoms with E-state index < -0.39 is 18.1 Å². The van der Waals surface area contributed by atoms with Gasteiger partial charge in [0, 0.05) is 10.4 Å². The van der Waals surface area contributed by atoms with Gasteiger partial charge in [0.05, 0.1) is 0 Å². The van der Waals surface area contributed by atoms with Gasteiger partial charge in [0.15, 0.2) is 6.04 Å². The Kier molecular flexibility index (Phi) is 5.59. The summed E-state index contributed by atoms with van der Waals surface area (Å²) in [6.45, 7) is 2.03. The number of hydrogen-bond acceptors (Lipinski definition) is 3. The van der Waals surface area contributed by atoms with Gasteiger partial charge >= 0.3 is 12.1 Å². The molecule has 0 bridgehead atoms. The lowest BCUT2D eigenvalue weighted by molar-refractivity contribution is -0.139. The van der Waals surface area contributed by atoms with Crippen molar-refractivity contribution in [1.82, 2.24) is 5.32 Å². The van der Waals surface area contributed by atoms with E-state index in [-0.39, 0.29) is 12.5 Å². The monoisotopic (exact) mass is 465 g/mol. The first-order valence-corrected chi connectivity index (χ1v) is 10.4. The molecule has 0 fully saturated rings. The molecule has 1 unspecified atom stereocenters. The zero-order valence-corrected chi connectivity index (χ0v) is 17.8. The highest BCUT2D eigenvalue weighted by Crippen LogP contribution is 2.44. The number of carboxylic acids is 1. The fourth-order valence-electron chi connectivity index (χ4n) is 3.90. The summed E-state index contributed by atoms with van der Waals surface area (Å²) in [5, 5.41) is 12.1. The van der Waals surface area contributed by atoms with Crippen LogP contribution in [0, 0.1) is 6.92 Å². The van der Waals surface area contributed by atoms with Crippen LogP contribution < -0.4 is 5.32 Å². The van der Waals surface area contributed by atoms with Crippen LogP contribution in [-0.4, -0.2) is 23.8 Å². The fourth-order valence-corrected chi connectivity index (χ4v) is 4.62. The van der Waals surface area contributed by atoms with Gasteiger partial charge in [0.2, 0.25) is 0 Å². The number of fused-ring (bicyclic) bond motifs is 3. The fraction of sp³-hybridized carbons (Fsp3) is 0.167. The number of nitrogens with one attached hydrogen (secondary N) is 1. The van der Waals surface area contributed by atoms with E-state index in [2.05, 4.69) is 33.4 Å². The quantitative estimate of drug-likeness (QED) is 0.527. The molecule has 3 aromatic rings. The number of aryl methyl sites for hydroxylation is 1. The normalized spacial score (nSPS) is 13.3. The molecular weight excluding hydrogens is 446 g/mol. The van der Waals surface area contributed by atoms with Crippen molar-refractivity contribution in [1.29, 1.82) is 0 Å². The lowest BCUT2D eigenvalue weighted by Gasteiger charge is -2.18. The number of carboxylic acid groups (broad SMARTS) is 1. The van der Waals surface area contributed by atoms with Crippen LogP contribution in [0.4, 0.5) is 4.79 Å². The van der Waals surface area contributed by atoms with Crippen molar-refractivity contribution in [3.05, 3.63) is 93.5 Å². The van der Waals surface area contributed by atoms with E-state index in [9.17, 15) is 14.7 Å². The average Bonchev–Trinajstić information content (AvgIpc) is 3.05. The topological polar surface area (TPSA) is 75.6 Å². The average molecular weight is 466 g/mol. The van der Waals surface area contributed by atoms with Crippen molar-refractivity contribution < 1.29 is 19.4 Å². The van der Waals surface area contributed by atoms with Crippen LogP contribution in [0.3, 0.4) is 0 Å². The maximum atomic E-state index is 12.5. The molecule has 0 saturated carbocycles. The van der Waals surface area contributed by atoms with Crippen LogP contribution in [0.5, 0.6) is 0 Å². The number of carbonyl (C=O) groups excluding carboxylic acids is 1. The van der Waals surface area contributed by atoms with E-state index in [1.807, 2.05) is 49.4 Å². The third kappa shape index (κ3) is 3.83. The van der Waals surface area contributed by atoms with Gasteiger partial charge < -0.3 is 15.2 Å². The summed E-state index contributed by atoms with van der Waals surface area (Å²) in [5.74, 6) is -1.24. The van der Waals surface area contributed by atoms with Gasteiger partial charge in [-0.25, -0.2) is 9.59 Å². The third-order valence-corrected chi connectivity index (χ3v) is 6.01. The molecule has 1 atom stereocenters. The SMILES string of the molecule is Cc1ccc(C(NC(=O)OCC2c3ccccc3-c3ccccc32)C(=O)O)c(Br)c1. The van der Waals surface area contributed by atoms with E-state index in [4.69, 9.17) is 4.74 Å². The lowest BCUT2D eigenvalue weighted by Crippen LogP contribution is -2.35. The summed E-state index contributed by atoms with van der Waals surface area (Å²) in [7, 11) is 0. The minimum absolute atomic E-state index is 0.0856. The van der Waals surface area contributed by atoms with E-state index in [1.165, 1.54) is 0 Å². The third-order valence-electron chi connectivity index (χ3n) is 5.32. The molecule has 0 radical (unpaired) electrons. The van der Waals surface area contributed by atoms with Crippen molar-refractivity contribution in [2.24, 2.45) is 0 Å². The van der Waals surface area contributed by atoms with E-state index >= 15 is 0 Å². The van der Waals surface area contributed by atoms with Crippen LogP contribution in [-0.2, 0) is 9.53 Å². The number of aliphatic carboxylic acids is 1. The van der Waals surface area contributed by atoms with Gasteiger partial charge in [-0.3, -0.25) is 0 Å².